The number of amides is 2. The molecule has 1 atom stereocenters. The minimum Gasteiger partial charge on any atom is -0.493 e. The molecule has 252 valence electrons. The van der Waals surface area contributed by atoms with E-state index in [1.54, 1.807) is 36.4 Å². The first-order valence-electron chi connectivity index (χ1n) is 16.1. The number of ether oxygens (including phenoxy) is 3. The average molecular weight is 645 g/mol. The molecule has 0 heterocycles. The number of para-hydroxylation sites is 1. The molecule has 0 fully saturated rings. The van der Waals surface area contributed by atoms with Crippen molar-refractivity contribution < 1.29 is 33.4 Å². The van der Waals surface area contributed by atoms with E-state index in [2.05, 4.69) is 64.3 Å². The Morgan fingerprint density at radius 1 is 0.766 bits per heavy atom. The summed E-state index contributed by atoms with van der Waals surface area (Å²) < 4.78 is 16.6. The van der Waals surface area contributed by atoms with Gasteiger partial charge in [0.1, 0.15) is 12.4 Å². The zero-order valence-electron chi connectivity index (χ0n) is 28.6. The number of carbonyl (C=O) groups excluding carboxylic acids is 4. The van der Waals surface area contributed by atoms with E-state index in [0.29, 0.717) is 24.4 Å². The number of hydrogen-bond acceptors (Lipinski definition) is 7. The number of hydrogen-bond donors (Lipinski definition) is 2. The highest BCUT2D eigenvalue weighted by Crippen LogP contribution is 2.38. The van der Waals surface area contributed by atoms with Gasteiger partial charge in [0.05, 0.1) is 6.61 Å². The van der Waals surface area contributed by atoms with Gasteiger partial charge >= 0.3 is 5.97 Å². The fourth-order valence-corrected chi connectivity index (χ4v) is 4.71. The molecule has 0 saturated carbocycles. The number of rotatable bonds is 17. The summed E-state index contributed by atoms with van der Waals surface area (Å²) in [5.41, 5.74) is 3.53. The second-order valence-corrected chi connectivity index (χ2v) is 12.8. The van der Waals surface area contributed by atoms with Crippen LogP contribution in [-0.2, 0) is 34.7 Å². The molecule has 9 heteroatoms. The summed E-state index contributed by atoms with van der Waals surface area (Å²) in [7, 11) is 0. The number of nitrogens with one attached hydrogen (secondary N) is 2. The number of benzene rings is 3. The van der Waals surface area contributed by atoms with Crippen LogP contribution >= 0.6 is 0 Å². The van der Waals surface area contributed by atoms with Crippen LogP contribution < -0.4 is 15.4 Å². The summed E-state index contributed by atoms with van der Waals surface area (Å²) in [5, 5.41) is 5.45. The number of Topliss-reactive ketones (excluding diaryl/α,β-unsaturated/α-hetero) is 1. The molecule has 3 aromatic rings. The summed E-state index contributed by atoms with van der Waals surface area (Å²) in [6.45, 7) is 14.3. The van der Waals surface area contributed by atoms with Crippen LogP contribution in [0.5, 0.6) is 5.75 Å². The van der Waals surface area contributed by atoms with E-state index in [-0.39, 0.29) is 28.7 Å². The van der Waals surface area contributed by atoms with E-state index in [4.69, 9.17) is 14.2 Å². The van der Waals surface area contributed by atoms with E-state index in [1.165, 1.54) is 17.7 Å². The summed E-state index contributed by atoms with van der Waals surface area (Å²) in [5.74, 6) is -1.34. The van der Waals surface area contributed by atoms with Crippen molar-refractivity contribution >= 4 is 34.9 Å². The first kappa shape index (κ1) is 37.0. The summed E-state index contributed by atoms with van der Waals surface area (Å²) in [4.78, 5) is 50.0. The van der Waals surface area contributed by atoms with E-state index >= 15 is 0 Å². The molecule has 0 spiro atoms. The molecule has 2 amide bonds. The van der Waals surface area contributed by atoms with Gasteiger partial charge in [-0.1, -0.05) is 84.0 Å². The minimum atomic E-state index is -1.64. The van der Waals surface area contributed by atoms with E-state index in [0.717, 1.165) is 31.1 Å². The van der Waals surface area contributed by atoms with Crippen molar-refractivity contribution in [3.63, 3.8) is 0 Å². The molecule has 2 N–H and O–H groups in total. The number of ketones is 1. The maximum atomic E-state index is 13.2. The van der Waals surface area contributed by atoms with Gasteiger partial charge in [-0.25, -0.2) is 0 Å². The quantitative estimate of drug-likeness (QED) is 0.0673. The molecule has 0 radical (unpaired) electrons. The first-order valence-corrected chi connectivity index (χ1v) is 16.1. The smallest absolute Gasteiger partial charge is 0.305 e. The summed E-state index contributed by atoms with van der Waals surface area (Å²) >= 11 is 0. The van der Waals surface area contributed by atoms with Crippen molar-refractivity contribution in [2.75, 3.05) is 23.8 Å². The predicted molar refractivity (Wildman–Crippen MR) is 184 cm³/mol. The van der Waals surface area contributed by atoms with Crippen LogP contribution in [0, 0.1) is 0 Å². The maximum Gasteiger partial charge on any atom is 0.305 e. The average Bonchev–Trinajstić information content (AvgIpc) is 3.05. The molecule has 3 aromatic carbocycles. The maximum absolute atomic E-state index is 13.2. The molecular weight excluding hydrogens is 596 g/mol. The van der Waals surface area contributed by atoms with Gasteiger partial charge in [-0.3, -0.25) is 19.2 Å². The van der Waals surface area contributed by atoms with E-state index < -0.39 is 30.6 Å². The lowest BCUT2D eigenvalue weighted by molar-refractivity contribution is -0.168. The zero-order valence-corrected chi connectivity index (χ0v) is 28.6. The van der Waals surface area contributed by atoms with Crippen molar-refractivity contribution in [3.8, 4) is 5.75 Å². The van der Waals surface area contributed by atoms with Gasteiger partial charge < -0.3 is 24.8 Å². The Morgan fingerprint density at radius 2 is 1.43 bits per heavy atom. The van der Waals surface area contributed by atoms with E-state index in [9.17, 15) is 19.2 Å². The normalized spacial score (nSPS) is 12.1. The SMILES string of the molecule is CCC(C)(C)c1ccc(OCCCC(=O)Nc2cccc(C(=O)C(OCC(=O)Nc3ccccc3)OC(C)=O)c2)c(C(C)(C)CC)c1. The van der Waals surface area contributed by atoms with Crippen LogP contribution in [0.4, 0.5) is 11.4 Å². The zero-order chi connectivity index (χ0) is 34.6. The Hall–Kier alpha value is -4.50. The second kappa shape index (κ2) is 16.9. The molecule has 47 heavy (non-hydrogen) atoms. The molecule has 3 rings (SSSR count). The molecule has 0 aromatic heterocycles. The third-order valence-electron chi connectivity index (χ3n) is 8.40. The Morgan fingerprint density at radius 3 is 2.09 bits per heavy atom. The topological polar surface area (TPSA) is 120 Å². The van der Waals surface area contributed by atoms with Crippen molar-refractivity contribution in [2.24, 2.45) is 0 Å². The molecule has 1 unspecified atom stereocenters. The first-order chi connectivity index (χ1) is 22.3. The lowest BCUT2D eigenvalue weighted by Gasteiger charge is -2.30. The monoisotopic (exact) mass is 644 g/mol. The van der Waals surface area contributed by atoms with Gasteiger partial charge in [-0.05, 0) is 66.0 Å². The van der Waals surface area contributed by atoms with Gasteiger partial charge in [0.2, 0.25) is 11.7 Å². The fraction of sp³-hybridized carbons (Fsp3) is 0.421. The van der Waals surface area contributed by atoms with Gasteiger partial charge in [-0.15, -0.1) is 0 Å². The van der Waals surface area contributed by atoms with Gasteiger partial charge in [0.25, 0.3) is 12.2 Å². The van der Waals surface area contributed by atoms with E-state index in [1.807, 2.05) is 12.1 Å². The Balaban J connectivity index is 1.57. The number of anilines is 2. The number of carbonyl (C=O) groups is 4. The standard InChI is InChI=1S/C38H48N2O7/c1-8-37(4,5)28-20-21-32(31(24-28)38(6,7)9-2)45-22-14-19-33(42)40-30-18-13-15-27(23-30)35(44)36(47-26(3)41)46-25-34(43)39-29-16-11-10-12-17-29/h10-13,15-18,20-21,23-24,36H,8-9,14,19,22,25H2,1-7H3,(H,39,43)(H,40,42). The third kappa shape index (κ3) is 11.1. The Labute approximate surface area is 278 Å². The van der Waals surface area contributed by atoms with Crippen molar-refractivity contribution in [2.45, 2.75) is 91.3 Å². The predicted octanol–water partition coefficient (Wildman–Crippen LogP) is 7.59. The summed E-state index contributed by atoms with van der Waals surface area (Å²) in [6.07, 6.45) is 1.05. The van der Waals surface area contributed by atoms with Crippen LogP contribution in [0.3, 0.4) is 0 Å². The molecule has 0 bridgehead atoms. The Kier molecular flexibility index (Phi) is 13.3. The van der Waals surface area contributed by atoms with Crippen LogP contribution in [0.25, 0.3) is 0 Å². The number of esters is 1. The molecule has 0 saturated heterocycles. The molecule has 0 aliphatic rings. The molecule has 9 nitrogen and oxygen atoms in total. The molecule has 0 aliphatic heterocycles. The van der Waals surface area contributed by atoms with Crippen LogP contribution in [-0.4, -0.2) is 43.1 Å². The van der Waals surface area contributed by atoms with Crippen molar-refractivity contribution in [1.82, 2.24) is 0 Å². The lowest BCUT2D eigenvalue weighted by Crippen LogP contribution is -2.33. The van der Waals surface area contributed by atoms with Gasteiger partial charge in [0, 0.05) is 35.8 Å². The molecule has 0 aliphatic carbocycles. The fourth-order valence-electron chi connectivity index (χ4n) is 4.71. The third-order valence-corrected chi connectivity index (χ3v) is 8.40. The Bertz CT molecular complexity index is 1530. The minimum absolute atomic E-state index is 0.0601. The lowest BCUT2D eigenvalue weighted by atomic mass is 9.76. The summed E-state index contributed by atoms with van der Waals surface area (Å²) in [6, 6.07) is 21.4. The van der Waals surface area contributed by atoms with Gasteiger partial charge in [-0.2, -0.15) is 0 Å². The van der Waals surface area contributed by atoms with Crippen LogP contribution in [0.15, 0.2) is 72.8 Å². The largest absolute Gasteiger partial charge is 0.493 e. The van der Waals surface area contributed by atoms with Crippen LogP contribution in [0.2, 0.25) is 0 Å². The highest BCUT2D eigenvalue weighted by Gasteiger charge is 2.27. The second-order valence-electron chi connectivity index (χ2n) is 12.8. The highest BCUT2D eigenvalue weighted by molar-refractivity contribution is 6.01. The molecular formula is C38H48N2O7. The van der Waals surface area contributed by atoms with Gasteiger partial charge in [0.15, 0.2) is 0 Å². The van der Waals surface area contributed by atoms with Crippen molar-refractivity contribution in [1.29, 1.82) is 0 Å². The van der Waals surface area contributed by atoms with Crippen LogP contribution in [0.1, 0.15) is 95.6 Å². The van der Waals surface area contributed by atoms with Crippen molar-refractivity contribution in [3.05, 3.63) is 89.5 Å². The highest BCUT2D eigenvalue weighted by atomic mass is 16.7.